The lowest BCUT2D eigenvalue weighted by Crippen LogP contribution is -2.22. The number of benzene rings is 1. The second kappa shape index (κ2) is 6.21. The number of rotatable bonds is 5. The van der Waals surface area contributed by atoms with E-state index in [1.807, 2.05) is 42.3 Å². The van der Waals surface area contributed by atoms with E-state index in [1.165, 1.54) is 0 Å². The quantitative estimate of drug-likeness (QED) is 0.919. The van der Waals surface area contributed by atoms with Crippen LogP contribution >= 0.6 is 15.9 Å². The van der Waals surface area contributed by atoms with Crippen molar-refractivity contribution in [2.45, 2.75) is 13.0 Å². The number of methoxy groups -OCH3 is 1. The Morgan fingerprint density at radius 3 is 2.84 bits per heavy atom. The van der Waals surface area contributed by atoms with Crippen LogP contribution in [0.5, 0.6) is 5.75 Å². The smallest absolute Gasteiger partial charge is 0.119 e. The average molecular weight is 324 g/mol. The van der Waals surface area contributed by atoms with Gasteiger partial charge in [-0.05, 0) is 30.3 Å². The van der Waals surface area contributed by atoms with E-state index in [-0.39, 0.29) is 6.04 Å². The molecule has 2 aromatic rings. The number of aryl methyl sites for hydroxylation is 1. The molecule has 0 saturated heterocycles. The Bertz CT molecular complexity index is 553. The summed E-state index contributed by atoms with van der Waals surface area (Å²) in [6.07, 6.45) is 3.92. The van der Waals surface area contributed by atoms with Crippen LogP contribution < -0.4 is 10.1 Å². The fourth-order valence-electron chi connectivity index (χ4n) is 2.07. The minimum Gasteiger partial charge on any atom is -0.497 e. The summed E-state index contributed by atoms with van der Waals surface area (Å²) in [7, 11) is 3.60. The van der Waals surface area contributed by atoms with Gasteiger partial charge in [0.1, 0.15) is 5.75 Å². The molecule has 1 unspecified atom stereocenters. The summed E-state index contributed by atoms with van der Waals surface area (Å²) < 4.78 is 8.18. The summed E-state index contributed by atoms with van der Waals surface area (Å²) in [6, 6.07) is 6.10. The summed E-state index contributed by atoms with van der Waals surface area (Å²) in [6.45, 7) is 2.97. The van der Waals surface area contributed by atoms with Crippen molar-refractivity contribution >= 4 is 15.9 Å². The molecule has 19 heavy (non-hydrogen) atoms. The van der Waals surface area contributed by atoms with Crippen LogP contribution in [-0.2, 0) is 7.05 Å². The molecule has 1 aromatic carbocycles. The molecular weight excluding hydrogens is 306 g/mol. The summed E-state index contributed by atoms with van der Waals surface area (Å²) in [5.41, 5.74) is 2.28. The van der Waals surface area contributed by atoms with Gasteiger partial charge in [0.05, 0.1) is 19.3 Å². The molecule has 1 aromatic heterocycles. The van der Waals surface area contributed by atoms with E-state index in [2.05, 4.69) is 33.3 Å². The molecular formula is C14H18BrN3O. The highest BCUT2D eigenvalue weighted by atomic mass is 79.9. The summed E-state index contributed by atoms with van der Waals surface area (Å²) >= 11 is 3.61. The van der Waals surface area contributed by atoms with Crippen LogP contribution in [0.25, 0.3) is 0 Å². The lowest BCUT2D eigenvalue weighted by atomic mass is 10.0. The van der Waals surface area contributed by atoms with Crippen LogP contribution in [-0.4, -0.2) is 23.4 Å². The first-order valence-electron chi connectivity index (χ1n) is 6.21. The van der Waals surface area contributed by atoms with Gasteiger partial charge in [-0.15, -0.1) is 0 Å². The van der Waals surface area contributed by atoms with Crippen molar-refractivity contribution < 1.29 is 4.74 Å². The van der Waals surface area contributed by atoms with E-state index in [1.54, 1.807) is 7.11 Å². The number of ether oxygens (including phenoxy) is 1. The number of aromatic nitrogens is 2. The Morgan fingerprint density at radius 1 is 1.47 bits per heavy atom. The van der Waals surface area contributed by atoms with Gasteiger partial charge in [-0.3, -0.25) is 4.68 Å². The molecule has 5 heteroatoms. The Hall–Kier alpha value is -1.33. The van der Waals surface area contributed by atoms with E-state index in [4.69, 9.17) is 4.74 Å². The lowest BCUT2D eigenvalue weighted by Gasteiger charge is -2.19. The third-order valence-electron chi connectivity index (χ3n) is 2.98. The Labute approximate surface area is 121 Å². The van der Waals surface area contributed by atoms with Crippen molar-refractivity contribution in [3.8, 4) is 5.75 Å². The lowest BCUT2D eigenvalue weighted by molar-refractivity contribution is 0.413. The van der Waals surface area contributed by atoms with Gasteiger partial charge in [-0.1, -0.05) is 22.9 Å². The molecule has 0 aliphatic carbocycles. The number of hydrogen-bond acceptors (Lipinski definition) is 3. The fourth-order valence-corrected chi connectivity index (χ4v) is 2.55. The summed E-state index contributed by atoms with van der Waals surface area (Å²) in [5.74, 6) is 0.852. The standard InChI is InChI=1S/C14H18BrN3O/c1-4-16-14(10-8-17-18(2)9-10)12-7-11(19-3)5-6-13(12)15/h5-9,14,16H,4H2,1-3H3. The molecule has 1 atom stereocenters. The Kier molecular flexibility index (Phi) is 4.61. The zero-order valence-corrected chi connectivity index (χ0v) is 12.9. The maximum atomic E-state index is 5.31. The van der Waals surface area contributed by atoms with Crippen molar-refractivity contribution in [3.05, 3.63) is 46.2 Å². The summed E-state index contributed by atoms with van der Waals surface area (Å²) in [4.78, 5) is 0. The third-order valence-corrected chi connectivity index (χ3v) is 3.70. The van der Waals surface area contributed by atoms with Crippen molar-refractivity contribution in [2.75, 3.05) is 13.7 Å². The third kappa shape index (κ3) is 3.16. The van der Waals surface area contributed by atoms with Gasteiger partial charge >= 0.3 is 0 Å². The van der Waals surface area contributed by atoms with Crippen LogP contribution in [0.15, 0.2) is 35.1 Å². The fraction of sp³-hybridized carbons (Fsp3) is 0.357. The van der Waals surface area contributed by atoms with E-state index in [0.717, 1.165) is 27.9 Å². The van der Waals surface area contributed by atoms with Crippen LogP contribution in [0.4, 0.5) is 0 Å². The second-order valence-electron chi connectivity index (χ2n) is 4.33. The first-order chi connectivity index (χ1) is 9.15. The summed E-state index contributed by atoms with van der Waals surface area (Å²) in [5, 5.41) is 7.73. The first kappa shape index (κ1) is 14.1. The van der Waals surface area contributed by atoms with Crippen molar-refractivity contribution in [3.63, 3.8) is 0 Å². The minimum absolute atomic E-state index is 0.100. The van der Waals surface area contributed by atoms with Crippen molar-refractivity contribution in [1.29, 1.82) is 0 Å². The Morgan fingerprint density at radius 2 is 2.26 bits per heavy atom. The number of nitrogens with zero attached hydrogens (tertiary/aromatic N) is 2. The predicted octanol–water partition coefficient (Wildman–Crippen LogP) is 2.89. The van der Waals surface area contributed by atoms with Gasteiger partial charge in [0.2, 0.25) is 0 Å². The monoisotopic (exact) mass is 323 g/mol. The van der Waals surface area contributed by atoms with Crippen LogP contribution in [0, 0.1) is 0 Å². The molecule has 1 N–H and O–H groups in total. The van der Waals surface area contributed by atoms with Gasteiger partial charge in [0.15, 0.2) is 0 Å². The van der Waals surface area contributed by atoms with Gasteiger partial charge < -0.3 is 10.1 Å². The van der Waals surface area contributed by atoms with Crippen molar-refractivity contribution in [2.24, 2.45) is 7.05 Å². The normalized spacial score (nSPS) is 12.4. The second-order valence-corrected chi connectivity index (χ2v) is 5.18. The highest BCUT2D eigenvalue weighted by molar-refractivity contribution is 9.10. The molecule has 4 nitrogen and oxygen atoms in total. The first-order valence-corrected chi connectivity index (χ1v) is 7.00. The van der Waals surface area contributed by atoms with Crippen molar-refractivity contribution in [1.82, 2.24) is 15.1 Å². The SMILES string of the molecule is CCNC(c1cnn(C)c1)c1cc(OC)ccc1Br. The topological polar surface area (TPSA) is 39.1 Å². The molecule has 0 radical (unpaired) electrons. The molecule has 0 aliphatic rings. The van der Waals surface area contributed by atoms with Crippen LogP contribution in [0.2, 0.25) is 0 Å². The van der Waals surface area contributed by atoms with Gasteiger partial charge in [0.25, 0.3) is 0 Å². The largest absolute Gasteiger partial charge is 0.497 e. The highest BCUT2D eigenvalue weighted by Crippen LogP contribution is 2.31. The molecule has 2 rings (SSSR count). The van der Waals surface area contributed by atoms with E-state index in [0.29, 0.717) is 0 Å². The average Bonchev–Trinajstić information content (AvgIpc) is 2.83. The minimum atomic E-state index is 0.100. The van der Waals surface area contributed by atoms with E-state index in [9.17, 15) is 0 Å². The van der Waals surface area contributed by atoms with E-state index < -0.39 is 0 Å². The zero-order valence-electron chi connectivity index (χ0n) is 11.4. The zero-order chi connectivity index (χ0) is 13.8. The number of hydrogen-bond donors (Lipinski definition) is 1. The molecule has 102 valence electrons. The molecule has 0 fully saturated rings. The van der Waals surface area contributed by atoms with Crippen LogP contribution in [0.3, 0.4) is 0 Å². The molecule has 0 saturated carbocycles. The molecule has 0 aliphatic heterocycles. The highest BCUT2D eigenvalue weighted by Gasteiger charge is 2.18. The number of nitrogens with one attached hydrogen (secondary N) is 1. The van der Waals surface area contributed by atoms with E-state index >= 15 is 0 Å². The molecule has 0 spiro atoms. The number of halogens is 1. The Balaban J connectivity index is 2.43. The van der Waals surface area contributed by atoms with Gasteiger partial charge in [-0.2, -0.15) is 5.10 Å². The predicted molar refractivity (Wildman–Crippen MR) is 79.4 cm³/mol. The maximum Gasteiger partial charge on any atom is 0.119 e. The van der Waals surface area contributed by atoms with Crippen LogP contribution in [0.1, 0.15) is 24.1 Å². The van der Waals surface area contributed by atoms with Gasteiger partial charge in [-0.25, -0.2) is 0 Å². The molecule has 0 amide bonds. The molecule has 1 heterocycles. The maximum absolute atomic E-state index is 5.31. The van der Waals surface area contributed by atoms with Gasteiger partial charge in [0, 0.05) is 23.3 Å². The molecule has 0 bridgehead atoms.